The second kappa shape index (κ2) is 6.21. The lowest BCUT2D eigenvalue weighted by Crippen LogP contribution is -2.26. The molecule has 0 aliphatic heterocycles. The van der Waals surface area contributed by atoms with Crippen LogP contribution in [0, 0.1) is 11.3 Å². The molecular weight excluding hydrogens is 172 g/mol. The molecule has 1 nitrogen and oxygen atoms in total. The van der Waals surface area contributed by atoms with Crippen molar-refractivity contribution in [2.75, 3.05) is 0 Å². The molecule has 0 saturated heterocycles. The highest BCUT2D eigenvalue weighted by atomic mass is 16.1. The van der Waals surface area contributed by atoms with Gasteiger partial charge in [0.25, 0.3) is 0 Å². The van der Waals surface area contributed by atoms with E-state index in [-0.39, 0.29) is 5.41 Å². The van der Waals surface area contributed by atoms with Gasteiger partial charge in [-0.2, -0.15) is 0 Å². The summed E-state index contributed by atoms with van der Waals surface area (Å²) < 4.78 is 0. The molecular formula is C13H26O. The first-order chi connectivity index (χ1) is 6.50. The third-order valence-electron chi connectivity index (χ3n) is 3.79. The average Bonchev–Trinajstić information content (AvgIpc) is 2.23. The van der Waals surface area contributed by atoms with Gasteiger partial charge in [-0.15, -0.1) is 0 Å². The summed E-state index contributed by atoms with van der Waals surface area (Å²) in [6.07, 6.45) is 4.96. The summed E-state index contributed by atoms with van der Waals surface area (Å²) in [5, 5.41) is 0. The third-order valence-corrected chi connectivity index (χ3v) is 3.79. The van der Waals surface area contributed by atoms with E-state index >= 15 is 0 Å². The predicted octanol–water partition coefficient (Wildman–Crippen LogP) is 4.21. The summed E-state index contributed by atoms with van der Waals surface area (Å²) in [7, 11) is 0. The highest BCUT2D eigenvalue weighted by Crippen LogP contribution is 2.29. The number of rotatable bonds is 7. The normalized spacial score (nSPS) is 14.1. The van der Waals surface area contributed by atoms with Crippen molar-refractivity contribution in [1.82, 2.24) is 0 Å². The Morgan fingerprint density at radius 2 is 1.71 bits per heavy atom. The van der Waals surface area contributed by atoms with Gasteiger partial charge >= 0.3 is 0 Å². The molecule has 1 atom stereocenters. The van der Waals surface area contributed by atoms with E-state index in [9.17, 15) is 4.79 Å². The van der Waals surface area contributed by atoms with E-state index in [1.54, 1.807) is 0 Å². The fraction of sp³-hybridized carbons (Fsp3) is 0.923. The van der Waals surface area contributed by atoms with Crippen molar-refractivity contribution in [2.24, 2.45) is 11.3 Å². The lowest BCUT2D eigenvalue weighted by molar-refractivity contribution is -0.128. The van der Waals surface area contributed by atoms with Crippen LogP contribution in [0.25, 0.3) is 0 Å². The molecule has 0 aromatic carbocycles. The Bertz CT molecular complexity index is 168. The van der Waals surface area contributed by atoms with Crippen LogP contribution in [0.5, 0.6) is 0 Å². The number of hydrogen-bond donors (Lipinski definition) is 0. The fourth-order valence-corrected chi connectivity index (χ4v) is 1.53. The molecule has 0 rings (SSSR count). The number of hydrogen-bond acceptors (Lipinski definition) is 1. The highest BCUT2D eigenvalue weighted by Gasteiger charge is 2.28. The summed E-state index contributed by atoms with van der Waals surface area (Å²) in [5.74, 6) is 1.15. The molecule has 0 saturated carbocycles. The maximum atomic E-state index is 11.9. The van der Waals surface area contributed by atoms with Gasteiger partial charge in [0, 0.05) is 11.8 Å². The maximum absolute atomic E-state index is 11.9. The van der Waals surface area contributed by atoms with Crippen LogP contribution in [0.1, 0.15) is 66.7 Å². The molecule has 0 N–H and O–H groups in total. The molecule has 0 amide bonds. The van der Waals surface area contributed by atoms with E-state index in [2.05, 4.69) is 34.6 Å². The Labute approximate surface area is 89.3 Å². The lowest BCUT2D eigenvalue weighted by Gasteiger charge is -2.25. The van der Waals surface area contributed by atoms with Crippen LogP contribution in [0.15, 0.2) is 0 Å². The molecule has 0 radical (unpaired) electrons. The summed E-state index contributed by atoms with van der Waals surface area (Å²) >= 11 is 0. The van der Waals surface area contributed by atoms with Gasteiger partial charge in [-0.05, 0) is 25.2 Å². The first-order valence-corrected chi connectivity index (χ1v) is 6.03. The Morgan fingerprint density at radius 1 is 1.21 bits per heavy atom. The number of carbonyl (C=O) groups excluding carboxylic acids is 1. The largest absolute Gasteiger partial charge is 0.299 e. The fourth-order valence-electron chi connectivity index (χ4n) is 1.53. The molecule has 0 bridgehead atoms. The van der Waals surface area contributed by atoms with Crippen LogP contribution in [-0.2, 0) is 4.79 Å². The third kappa shape index (κ3) is 3.81. The standard InChI is InChI=1S/C13H26O/c1-6-11(4)9-10-12(14)13(5,7-2)8-3/h11H,6-10H2,1-5H3. The molecule has 84 valence electrons. The van der Waals surface area contributed by atoms with Crippen molar-refractivity contribution >= 4 is 5.78 Å². The first kappa shape index (κ1) is 13.7. The second-order valence-electron chi connectivity index (χ2n) is 4.74. The van der Waals surface area contributed by atoms with Crippen molar-refractivity contribution < 1.29 is 4.79 Å². The summed E-state index contributed by atoms with van der Waals surface area (Å²) in [6, 6.07) is 0. The van der Waals surface area contributed by atoms with Gasteiger partial charge in [-0.1, -0.05) is 41.0 Å². The zero-order chi connectivity index (χ0) is 11.2. The van der Waals surface area contributed by atoms with E-state index in [0.29, 0.717) is 11.7 Å². The van der Waals surface area contributed by atoms with E-state index in [4.69, 9.17) is 0 Å². The molecule has 0 spiro atoms. The molecule has 0 aliphatic rings. The maximum Gasteiger partial charge on any atom is 0.138 e. The zero-order valence-corrected chi connectivity index (χ0v) is 10.5. The van der Waals surface area contributed by atoms with Crippen molar-refractivity contribution in [3.63, 3.8) is 0 Å². The van der Waals surface area contributed by atoms with E-state index in [0.717, 1.165) is 25.7 Å². The van der Waals surface area contributed by atoms with Gasteiger partial charge < -0.3 is 0 Å². The smallest absolute Gasteiger partial charge is 0.138 e. The molecule has 0 fully saturated rings. The van der Waals surface area contributed by atoms with Crippen LogP contribution in [-0.4, -0.2) is 5.78 Å². The van der Waals surface area contributed by atoms with Gasteiger partial charge in [0.05, 0.1) is 0 Å². The Kier molecular flexibility index (Phi) is 6.06. The molecule has 0 aromatic heterocycles. The van der Waals surface area contributed by atoms with Crippen LogP contribution in [0.4, 0.5) is 0 Å². The summed E-state index contributed by atoms with van der Waals surface area (Å²) in [4.78, 5) is 11.9. The highest BCUT2D eigenvalue weighted by molar-refractivity contribution is 5.84. The van der Waals surface area contributed by atoms with Gasteiger partial charge in [0.2, 0.25) is 0 Å². The summed E-state index contributed by atoms with van der Waals surface area (Å²) in [5.41, 5.74) is -0.0620. The van der Waals surface area contributed by atoms with Crippen LogP contribution in [0.2, 0.25) is 0 Å². The van der Waals surface area contributed by atoms with Gasteiger partial charge in [0.1, 0.15) is 5.78 Å². The molecule has 1 heteroatoms. The Balaban J connectivity index is 4.06. The minimum atomic E-state index is -0.0620. The van der Waals surface area contributed by atoms with Crippen LogP contribution in [0.3, 0.4) is 0 Å². The van der Waals surface area contributed by atoms with Crippen molar-refractivity contribution in [2.45, 2.75) is 66.7 Å². The van der Waals surface area contributed by atoms with Crippen LogP contribution < -0.4 is 0 Å². The van der Waals surface area contributed by atoms with E-state index < -0.39 is 0 Å². The van der Waals surface area contributed by atoms with Crippen molar-refractivity contribution in [3.05, 3.63) is 0 Å². The Hall–Kier alpha value is -0.330. The van der Waals surface area contributed by atoms with Crippen molar-refractivity contribution in [1.29, 1.82) is 0 Å². The van der Waals surface area contributed by atoms with E-state index in [1.807, 2.05) is 0 Å². The van der Waals surface area contributed by atoms with Crippen molar-refractivity contribution in [3.8, 4) is 0 Å². The number of Topliss-reactive ketones (excluding diaryl/α,β-unsaturated/α-hetero) is 1. The summed E-state index contributed by atoms with van der Waals surface area (Å²) in [6.45, 7) is 10.7. The van der Waals surface area contributed by atoms with Gasteiger partial charge in [-0.3, -0.25) is 4.79 Å². The molecule has 1 unspecified atom stereocenters. The number of carbonyl (C=O) groups is 1. The minimum absolute atomic E-state index is 0.0620. The zero-order valence-electron chi connectivity index (χ0n) is 10.5. The van der Waals surface area contributed by atoms with Crippen LogP contribution >= 0.6 is 0 Å². The molecule has 0 heterocycles. The quantitative estimate of drug-likeness (QED) is 0.599. The molecule has 0 aromatic rings. The SMILES string of the molecule is CCC(C)CCC(=O)C(C)(CC)CC. The number of ketones is 1. The topological polar surface area (TPSA) is 17.1 Å². The predicted molar refractivity (Wildman–Crippen MR) is 62.4 cm³/mol. The Morgan fingerprint density at radius 3 is 2.07 bits per heavy atom. The van der Waals surface area contributed by atoms with E-state index in [1.165, 1.54) is 6.42 Å². The van der Waals surface area contributed by atoms with Gasteiger partial charge in [0.15, 0.2) is 0 Å². The molecule has 0 aliphatic carbocycles. The van der Waals surface area contributed by atoms with Gasteiger partial charge in [-0.25, -0.2) is 0 Å². The minimum Gasteiger partial charge on any atom is -0.299 e. The lowest BCUT2D eigenvalue weighted by atomic mass is 9.78. The first-order valence-electron chi connectivity index (χ1n) is 6.03. The second-order valence-corrected chi connectivity index (χ2v) is 4.74. The average molecular weight is 198 g/mol. The molecule has 14 heavy (non-hydrogen) atoms. The monoisotopic (exact) mass is 198 g/mol.